The highest BCUT2D eigenvalue weighted by molar-refractivity contribution is 5.21. The number of anilines is 1. The summed E-state index contributed by atoms with van der Waals surface area (Å²) in [6.45, 7) is 5.72. The van der Waals surface area contributed by atoms with Crippen LogP contribution in [0.1, 0.15) is 26.7 Å². The molecule has 12 heavy (non-hydrogen) atoms. The average molecular weight is 171 g/mol. The fourth-order valence-corrected chi connectivity index (χ4v) is 0.689. The first kappa shape index (κ1) is 8.99. The Kier molecular flexibility index (Phi) is 2.32. The predicted molar refractivity (Wildman–Crippen MR) is 43.6 cm³/mol. The first-order chi connectivity index (χ1) is 5.51. The fourth-order valence-electron chi connectivity index (χ4n) is 0.689. The molecule has 1 aromatic rings. The van der Waals surface area contributed by atoms with Crippen LogP contribution in [0.3, 0.4) is 0 Å². The Bertz CT molecular complexity index is 251. The summed E-state index contributed by atoms with van der Waals surface area (Å²) >= 11 is 0. The van der Waals surface area contributed by atoms with E-state index in [0.717, 1.165) is 0 Å². The number of aromatic nitrogens is 2. The second-order valence-electron chi connectivity index (χ2n) is 3.53. The second-order valence-corrected chi connectivity index (χ2v) is 3.53. The second kappa shape index (κ2) is 3.10. The van der Waals surface area contributed by atoms with Crippen LogP contribution in [-0.4, -0.2) is 20.8 Å². The van der Waals surface area contributed by atoms with Crippen molar-refractivity contribution in [2.24, 2.45) is 0 Å². The molecular weight excluding hydrogens is 158 g/mol. The Labute approximate surface area is 70.8 Å². The van der Waals surface area contributed by atoms with Crippen molar-refractivity contribution < 1.29 is 9.52 Å². The van der Waals surface area contributed by atoms with Crippen LogP contribution in [0, 0.1) is 0 Å². The van der Waals surface area contributed by atoms with E-state index in [1.807, 2.05) is 20.8 Å². The number of rotatable bonds is 2. The molecule has 5 nitrogen and oxygen atoms in total. The highest BCUT2D eigenvalue weighted by atomic mass is 16.4. The van der Waals surface area contributed by atoms with Gasteiger partial charge in [-0.15, -0.1) is 5.10 Å². The van der Waals surface area contributed by atoms with Gasteiger partial charge in [-0.3, -0.25) is 0 Å². The largest absolute Gasteiger partial charge is 0.406 e. The monoisotopic (exact) mass is 171 g/mol. The molecule has 0 aromatic carbocycles. The van der Waals surface area contributed by atoms with Gasteiger partial charge in [0.2, 0.25) is 5.89 Å². The number of hydrogen-bond donors (Lipinski definition) is 2. The Morgan fingerprint density at radius 1 is 1.42 bits per heavy atom. The van der Waals surface area contributed by atoms with E-state index in [2.05, 4.69) is 15.5 Å². The van der Waals surface area contributed by atoms with Gasteiger partial charge < -0.3 is 14.8 Å². The van der Waals surface area contributed by atoms with E-state index >= 15 is 0 Å². The smallest absolute Gasteiger partial charge is 0.315 e. The Morgan fingerprint density at radius 3 is 2.50 bits per heavy atom. The van der Waals surface area contributed by atoms with Crippen molar-refractivity contribution >= 4 is 6.01 Å². The molecule has 68 valence electrons. The standard InChI is InChI=1S/C7H13N3O2/c1-7(2,3)8-6-10-9-5(4-11)12-6/h11H,4H2,1-3H3,(H,8,10). The Balaban J connectivity index is 2.64. The van der Waals surface area contributed by atoms with Gasteiger partial charge in [-0.25, -0.2) is 0 Å². The molecule has 0 unspecified atom stereocenters. The number of nitrogens with zero attached hydrogens (tertiary/aromatic N) is 2. The Morgan fingerprint density at radius 2 is 2.08 bits per heavy atom. The summed E-state index contributed by atoms with van der Waals surface area (Å²) < 4.78 is 5.03. The highest BCUT2D eigenvalue weighted by Gasteiger charge is 2.13. The predicted octanol–water partition coefficient (Wildman–Crippen LogP) is 0.772. The maximum absolute atomic E-state index is 8.63. The van der Waals surface area contributed by atoms with Gasteiger partial charge in [0.15, 0.2) is 0 Å². The summed E-state index contributed by atoms with van der Waals surface area (Å²) in [6.07, 6.45) is 0. The topological polar surface area (TPSA) is 71.2 Å². The van der Waals surface area contributed by atoms with E-state index < -0.39 is 0 Å². The van der Waals surface area contributed by atoms with Crippen molar-refractivity contribution in [2.75, 3.05) is 5.32 Å². The van der Waals surface area contributed by atoms with Gasteiger partial charge in [-0.05, 0) is 20.8 Å². The minimum absolute atomic E-state index is 0.112. The van der Waals surface area contributed by atoms with E-state index in [-0.39, 0.29) is 18.0 Å². The molecule has 0 radical (unpaired) electrons. The van der Waals surface area contributed by atoms with E-state index in [1.54, 1.807) is 0 Å². The highest BCUT2D eigenvalue weighted by Crippen LogP contribution is 2.12. The molecular formula is C7H13N3O2. The van der Waals surface area contributed by atoms with Gasteiger partial charge >= 0.3 is 6.01 Å². The van der Waals surface area contributed by atoms with Crippen molar-refractivity contribution in [3.05, 3.63) is 5.89 Å². The molecule has 1 heterocycles. The van der Waals surface area contributed by atoms with Crippen LogP contribution in [0.25, 0.3) is 0 Å². The first-order valence-corrected chi connectivity index (χ1v) is 3.73. The van der Waals surface area contributed by atoms with Crippen LogP contribution in [0.15, 0.2) is 4.42 Å². The normalized spacial score (nSPS) is 11.7. The van der Waals surface area contributed by atoms with Gasteiger partial charge in [0.25, 0.3) is 0 Å². The molecule has 0 bridgehead atoms. The zero-order chi connectivity index (χ0) is 9.19. The molecule has 5 heteroatoms. The van der Waals surface area contributed by atoms with E-state index in [4.69, 9.17) is 9.52 Å². The van der Waals surface area contributed by atoms with Gasteiger partial charge in [0.1, 0.15) is 6.61 Å². The number of nitrogens with one attached hydrogen (secondary N) is 1. The number of hydrogen-bond acceptors (Lipinski definition) is 5. The Hall–Kier alpha value is -1.10. The van der Waals surface area contributed by atoms with Crippen LogP contribution in [-0.2, 0) is 6.61 Å². The lowest BCUT2D eigenvalue weighted by Gasteiger charge is -2.17. The van der Waals surface area contributed by atoms with Gasteiger partial charge in [-0.2, -0.15) is 0 Å². The zero-order valence-corrected chi connectivity index (χ0v) is 7.46. The van der Waals surface area contributed by atoms with Crippen LogP contribution in [0.4, 0.5) is 6.01 Å². The molecule has 0 atom stereocenters. The minimum Gasteiger partial charge on any atom is -0.406 e. The molecule has 2 N–H and O–H groups in total. The minimum atomic E-state index is -0.223. The summed E-state index contributed by atoms with van der Waals surface area (Å²) in [6, 6.07) is 0.339. The van der Waals surface area contributed by atoms with Crippen LogP contribution in [0.2, 0.25) is 0 Å². The van der Waals surface area contributed by atoms with E-state index in [9.17, 15) is 0 Å². The van der Waals surface area contributed by atoms with Gasteiger partial charge in [0.05, 0.1) is 0 Å². The van der Waals surface area contributed by atoms with Gasteiger partial charge in [0, 0.05) is 5.54 Å². The van der Waals surface area contributed by atoms with Crippen molar-refractivity contribution in [3.63, 3.8) is 0 Å². The van der Waals surface area contributed by atoms with Crippen LogP contribution < -0.4 is 5.32 Å². The van der Waals surface area contributed by atoms with E-state index in [0.29, 0.717) is 6.01 Å². The summed E-state index contributed by atoms with van der Waals surface area (Å²) in [5.74, 6) is 0.224. The lowest BCUT2D eigenvalue weighted by Crippen LogP contribution is -2.26. The lowest BCUT2D eigenvalue weighted by molar-refractivity contribution is 0.241. The van der Waals surface area contributed by atoms with Crippen molar-refractivity contribution in [2.45, 2.75) is 32.9 Å². The number of aliphatic hydroxyl groups excluding tert-OH is 1. The third-order valence-corrected chi connectivity index (χ3v) is 1.08. The summed E-state index contributed by atoms with van der Waals surface area (Å²) in [4.78, 5) is 0. The molecule has 0 fully saturated rings. The zero-order valence-electron chi connectivity index (χ0n) is 7.46. The third-order valence-electron chi connectivity index (χ3n) is 1.08. The molecule has 1 rings (SSSR count). The molecule has 0 saturated heterocycles. The van der Waals surface area contributed by atoms with E-state index in [1.165, 1.54) is 0 Å². The van der Waals surface area contributed by atoms with Crippen molar-refractivity contribution in [1.29, 1.82) is 0 Å². The lowest BCUT2D eigenvalue weighted by atomic mass is 10.1. The van der Waals surface area contributed by atoms with Gasteiger partial charge in [-0.1, -0.05) is 5.10 Å². The SMILES string of the molecule is CC(C)(C)Nc1nnc(CO)o1. The fraction of sp³-hybridized carbons (Fsp3) is 0.714. The quantitative estimate of drug-likeness (QED) is 0.687. The number of aliphatic hydroxyl groups is 1. The third kappa shape index (κ3) is 2.50. The molecule has 0 aliphatic heterocycles. The van der Waals surface area contributed by atoms with Crippen LogP contribution in [0.5, 0.6) is 0 Å². The van der Waals surface area contributed by atoms with Crippen LogP contribution >= 0.6 is 0 Å². The van der Waals surface area contributed by atoms with Crippen molar-refractivity contribution in [1.82, 2.24) is 10.2 Å². The molecule has 1 aromatic heterocycles. The molecule has 0 aliphatic carbocycles. The average Bonchev–Trinajstić information content (AvgIpc) is 2.32. The molecule has 0 saturated carbocycles. The molecule has 0 amide bonds. The molecule has 0 spiro atoms. The first-order valence-electron chi connectivity index (χ1n) is 3.73. The van der Waals surface area contributed by atoms with Crippen molar-refractivity contribution in [3.8, 4) is 0 Å². The summed E-state index contributed by atoms with van der Waals surface area (Å²) in [5.41, 5.74) is -0.112. The molecule has 0 aliphatic rings. The maximum atomic E-state index is 8.63. The maximum Gasteiger partial charge on any atom is 0.315 e. The summed E-state index contributed by atoms with van der Waals surface area (Å²) in [5, 5.41) is 18.9. The summed E-state index contributed by atoms with van der Waals surface area (Å²) in [7, 11) is 0.